The Labute approximate surface area is 156 Å². The molecule has 0 aromatic carbocycles. The van der Waals surface area contributed by atoms with Crippen LogP contribution in [0.4, 0.5) is 0 Å². The lowest BCUT2D eigenvalue weighted by Crippen LogP contribution is -2.15. The van der Waals surface area contributed by atoms with Crippen molar-refractivity contribution in [3.05, 3.63) is 48.6 Å². The van der Waals surface area contributed by atoms with Gasteiger partial charge < -0.3 is 10.2 Å². The molecular weight excluding hydrogens is 308 g/mol. The number of hydrogen-bond donors (Lipinski definition) is 2. The average molecular weight is 349 g/mol. The lowest BCUT2D eigenvalue weighted by Gasteiger charge is -2.13. The Kier molecular flexibility index (Phi) is 18.3. The third-order valence-corrected chi connectivity index (χ3v) is 4.17. The summed E-state index contributed by atoms with van der Waals surface area (Å²) in [5, 5.41) is 18.2. The molecule has 0 heterocycles. The van der Waals surface area contributed by atoms with Crippen LogP contribution in [-0.4, -0.2) is 22.9 Å². The maximum atomic E-state index is 9.38. The van der Waals surface area contributed by atoms with Crippen LogP contribution >= 0.6 is 0 Å². The van der Waals surface area contributed by atoms with Crippen LogP contribution in [0.1, 0.15) is 78.1 Å². The molecule has 0 bridgehead atoms. The SMILES string of the molecule is CCCCCC=CCC=CCC=CCC=CCCC(C)CC(O)CO. The van der Waals surface area contributed by atoms with Crippen molar-refractivity contribution in [3.8, 4) is 0 Å². The van der Waals surface area contributed by atoms with Gasteiger partial charge in [-0.2, -0.15) is 0 Å². The summed E-state index contributed by atoms with van der Waals surface area (Å²) in [6, 6.07) is 0. The number of allylic oxidation sites excluding steroid dienone is 8. The van der Waals surface area contributed by atoms with E-state index in [1.165, 1.54) is 25.7 Å². The second-order valence-corrected chi connectivity index (χ2v) is 6.84. The minimum atomic E-state index is -0.563. The Hall–Kier alpha value is -1.12. The van der Waals surface area contributed by atoms with Crippen LogP contribution in [0.15, 0.2) is 48.6 Å². The monoisotopic (exact) mass is 348 g/mol. The highest BCUT2D eigenvalue weighted by Gasteiger charge is 2.07. The van der Waals surface area contributed by atoms with Crippen LogP contribution < -0.4 is 0 Å². The smallest absolute Gasteiger partial charge is 0.0773 e. The summed E-state index contributed by atoms with van der Waals surface area (Å²) in [5.74, 6) is 0.452. The van der Waals surface area contributed by atoms with Crippen molar-refractivity contribution in [1.29, 1.82) is 0 Å². The van der Waals surface area contributed by atoms with E-state index < -0.39 is 6.10 Å². The molecule has 0 aliphatic carbocycles. The number of aliphatic hydroxyl groups excluding tert-OH is 2. The molecule has 2 nitrogen and oxygen atoms in total. The Balaban J connectivity index is 3.51. The van der Waals surface area contributed by atoms with E-state index in [4.69, 9.17) is 5.11 Å². The lowest BCUT2D eigenvalue weighted by molar-refractivity contribution is 0.0752. The van der Waals surface area contributed by atoms with Gasteiger partial charge in [-0.25, -0.2) is 0 Å². The molecule has 25 heavy (non-hydrogen) atoms. The summed E-state index contributed by atoms with van der Waals surface area (Å²) >= 11 is 0. The number of aliphatic hydroxyl groups is 2. The van der Waals surface area contributed by atoms with Crippen molar-refractivity contribution < 1.29 is 10.2 Å². The molecular formula is C23H40O2. The summed E-state index contributed by atoms with van der Waals surface area (Å²) in [5.41, 5.74) is 0. The van der Waals surface area contributed by atoms with Gasteiger partial charge >= 0.3 is 0 Å². The molecule has 0 saturated heterocycles. The topological polar surface area (TPSA) is 40.5 Å². The maximum Gasteiger partial charge on any atom is 0.0773 e. The molecule has 0 aliphatic rings. The van der Waals surface area contributed by atoms with Crippen LogP contribution in [-0.2, 0) is 0 Å². The van der Waals surface area contributed by atoms with E-state index >= 15 is 0 Å². The zero-order valence-corrected chi connectivity index (χ0v) is 16.4. The highest BCUT2D eigenvalue weighted by atomic mass is 16.3. The largest absolute Gasteiger partial charge is 0.394 e. The van der Waals surface area contributed by atoms with E-state index in [0.29, 0.717) is 12.3 Å². The van der Waals surface area contributed by atoms with E-state index in [-0.39, 0.29) is 6.61 Å². The summed E-state index contributed by atoms with van der Waals surface area (Å²) in [6.45, 7) is 4.23. The fraction of sp³-hybridized carbons (Fsp3) is 0.652. The molecule has 0 rings (SSSR count). The fourth-order valence-corrected chi connectivity index (χ4v) is 2.60. The lowest BCUT2D eigenvalue weighted by atomic mass is 9.98. The third kappa shape index (κ3) is 19.1. The predicted molar refractivity (Wildman–Crippen MR) is 111 cm³/mol. The molecule has 0 spiro atoms. The summed E-state index contributed by atoms with van der Waals surface area (Å²) in [7, 11) is 0. The molecule has 2 unspecified atom stereocenters. The highest BCUT2D eigenvalue weighted by molar-refractivity contribution is 4.99. The zero-order chi connectivity index (χ0) is 18.6. The Morgan fingerprint density at radius 3 is 1.80 bits per heavy atom. The molecule has 0 aromatic heterocycles. The fourth-order valence-electron chi connectivity index (χ4n) is 2.60. The molecule has 0 aromatic rings. The van der Waals surface area contributed by atoms with Crippen molar-refractivity contribution in [2.24, 2.45) is 5.92 Å². The van der Waals surface area contributed by atoms with Gasteiger partial charge in [0, 0.05) is 0 Å². The second-order valence-electron chi connectivity index (χ2n) is 6.84. The van der Waals surface area contributed by atoms with Gasteiger partial charge in [-0.1, -0.05) is 75.3 Å². The Morgan fingerprint density at radius 2 is 1.28 bits per heavy atom. The summed E-state index contributed by atoms with van der Waals surface area (Å²) in [4.78, 5) is 0. The van der Waals surface area contributed by atoms with Crippen molar-refractivity contribution in [2.75, 3.05) is 6.61 Å². The van der Waals surface area contributed by atoms with Gasteiger partial charge in [0.2, 0.25) is 0 Å². The molecule has 2 heteroatoms. The van der Waals surface area contributed by atoms with Gasteiger partial charge in [-0.3, -0.25) is 0 Å². The van der Waals surface area contributed by atoms with E-state index in [9.17, 15) is 5.11 Å². The number of rotatable bonds is 16. The Bertz CT molecular complexity index is 380. The van der Waals surface area contributed by atoms with Gasteiger partial charge in [0.15, 0.2) is 0 Å². The summed E-state index contributed by atoms with van der Waals surface area (Å²) in [6.07, 6.45) is 28.3. The van der Waals surface area contributed by atoms with E-state index in [1.54, 1.807) is 0 Å². The molecule has 0 aliphatic heterocycles. The van der Waals surface area contributed by atoms with E-state index in [1.807, 2.05) is 0 Å². The standard InChI is InChI=1S/C23H40O2/c1-3-4-5-6-7-8-9-10-11-12-13-14-15-16-17-18-19-22(2)20-23(25)21-24/h7-8,10-11,13-14,16-17,22-25H,3-6,9,12,15,18-21H2,1-2H3. The average Bonchev–Trinajstić information content (AvgIpc) is 2.61. The van der Waals surface area contributed by atoms with Crippen LogP contribution in [0.5, 0.6) is 0 Å². The summed E-state index contributed by atoms with van der Waals surface area (Å²) < 4.78 is 0. The number of unbranched alkanes of at least 4 members (excludes halogenated alkanes) is 3. The molecule has 2 N–H and O–H groups in total. The molecule has 0 saturated carbocycles. The highest BCUT2D eigenvalue weighted by Crippen LogP contribution is 2.13. The van der Waals surface area contributed by atoms with Crippen LogP contribution in [0.2, 0.25) is 0 Å². The molecule has 0 radical (unpaired) electrons. The Morgan fingerprint density at radius 1 is 0.760 bits per heavy atom. The van der Waals surface area contributed by atoms with Crippen molar-refractivity contribution in [3.63, 3.8) is 0 Å². The van der Waals surface area contributed by atoms with Gasteiger partial charge in [0.05, 0.1) is 12.7 Å². The van der Waals surface area contributed by atoms with Crippen molar-refractivity contribution in [2.45, 2.75) is 84.2 Å². The zero-order valence-electron chi connectivity index (χ0n) is 16.4. The van der Waals surface area contributed by atoms with Crippen LogP contribution in [0.3, 0.4) is 0 Å². The molecule has 144 valence electrons. The normalized spacial score (nSPS) is 15.2. The van der Waals surface area contributed by atoms with Crippen molar-refractivity contribution >= 4 is 0 Å². The minimum absolute atomic E-state index is 0.130. The minimum Gasteiger partial charge on any atom is -0.394 e. The van der Waals surface area contributed by atoms with Crippen LogP contribution in [0, 0.1) is 5.92 Å². The first-order chi connectivity index (χ1) is 12.2. The molecule has 0 amide bonds. The first-order valence-corrected chi connectivity index (χ1v) is 10.1. The molecule has 0 fully saturated rings. The van der Waals surface area contributed by atoms with Crippen molar-refractivity contribution in [1.82, 2.24) is 0 Å². The third-order valence-electron chi connectivity index (χ3n) is 4.17. The van der Waals surface area contributed by atoms with Gasteiger partial charge in [0.1, 0.15) is 0 Å². The second kappa shape index (κ2) is 19.2. The first kappa shape index (κ1) is 23.9. The predicted octanol–water partition coefficient (Wildman–Crippen LogP) is 6.12. The van der Waals surface area contributed by atoms with Crippen LogP contribution in [0.25, 0.3) is 0 Å². The van der Waals surface area contributed by atoms with E-state index in [0.717, 1.165) is 32.1 Å². The quantitative estimate of drug-likeness (QED) is 0.260. The van der Waals surface area contributed by atoms with Gasteiger partial charge in [0.25, 0.3) is 0 Å². The maximum absolute atomic E-state index is 9.38. The first-order valence-electron chi connectivity index (χ1n) is 10.1. The van der Waals surface area contributed by atoms with Gasteiger partial charge in [-0.05, 0) is 57.3 Å². The molecule has 2 atom stereocenters. The van der Waals surface area contributed by atoms with E-state index in [2.05, 4.69) is 62.5 Å². The van der Waals surface area contributed by atoms with Gasteiger partial charge in [-0.15, -0.1) is 0 Å². The number of hydrogen-bond acceptors (Lipinski definition) is 2.